The Labute approximate surface area is 86.8 Å². The molecular weight excluding hydrogens is 180 g/mol. The van der Waals surface area contributed by atoms with Crippen molar-refractivity contribution in [3.63, 3.8) is 0 Å². The Morgan fingerprint density at radius 1 is 1.14 bits per heavy atom. The molecule has 3 heteroatoms. The highest BCUT2D eigenvalue weighted by molar-refractivity contribution is 4.84. The monoisotopic (exact) mass is 204 g/mol. The number of hydrogen-bond acceptors (Lipinski definition) is 3. The summed E-state index contributed by atoms with van der Waals surface area (Å²) in [7, 11) is 0. The van der Waals surface area contributed by atoms with Crippen LogP contribution in [0.1, 0.15) is 52.4 Å². The van der Waals surface area contributed by atoms with Gasteiger partial charge in [0.05, 0.1) is 12.2 Å². The Hall–Kier alpha value is -0.120. The third-order valence-corrected chi connectivity index (χ3v) is 2.87. The van der Waals surface area contributed by atoms with Gasteiger partial charge >= 0.3 is 0 Å². The van der Waals surface area contributed by atoms with Crippen LogP contribution in [0.4, 0.5) is 0 Å². The number of aliphatic hydroxyl groups excluding tert-OH is 2. The maximum atomic E-state index is 9.98. The van der Waals surface area contributed by atoms with Crippen LogP contribution in [0.15, 0.2) is 0 Å². The normalized spacial score (nSPS) is 17.8. The van der Waals surface area contributed by atoms with E-state index in [1.54, 1.807) is 0 Å². The van der Waals surface area contributed by atoms with E-state index in [-0.39, 0.29) is 6.61 Å². The average Bonchev–Trinajstić information content (AvgIpc) is 2.22. The van der Waals surface area contributed by atoms with Gasteiger partial charge in [-0.1, -0.05) is 39.5 Å². The van der Waals surface area contributed by atoms with E-state index in [0.29, 0.717) is 12.8 Å². The van der Waals surface area contributed by atoms with Gasteiger partial charge in [0.1, 0.15) is 6.10 Å². The number of rotatable bonds is 8. The minimum absolute atomic E-state index is 0.363. The lowest BCUT2D eigenvalue weighted by atomic mass is 9.88. The first kappa shape index (κ1) is 13.9. The van der Waals surface area contributed by atoms with E-state index in [4.69, 9.17) is 5.11 Å². The molecule has 0 amide bonds. The molecule has 0 aromatic rings. The molecule has 0 aliphatic carbocycles. The molecule has 0 fully saturated rings. The van der Waals surface area contributed by atoms with E-state index in [9.17, 15) is 10.2 Å². The molecule has 86 valence electrons. The molecular formula is C11H24O3. The lowest BCUT2D eigenvalue weighted by molar-refractivity contribution is -0.102. The Bertz CT molecular complexity index is 138. The fourth-order valence-electron chi connectivity index (χ4n) is 1.61. The number of aliphatic hydroxyl groups is 3. The van der Waals surface area contributed by atoms with Gasteiger partial charge in [-0.05, 0) is 12.8 Å². The molecule has 3 N–H and O–H groups in total. The molecule has 0 aliphatic rings. The van der Waals surface area contributed by atoms with Crippen LogP contribution in [0.3, 0.4) is 0 Å². The largest absolute Gasteiger partial charge is 0.394 e. The fraction of sp³-hybridized carbons (Fsp3) is 1.00. The molecule has 0 saturated heterocycles. The molecule has 14 heavy (non-hydrogen) atoms. The molecule has 0 aromatic carbocycles. The van der Waals surface area contributed by atoms with Crippen molar-refractivity contribution in [3.8, 4) is 0 Å². The SMILES string of the molecule is CCCCCCC(O)(CC)C(O)CO. The molecule has 0 aliphatic heterocycles. The summed E-state index contributed by atoms with van der Waals surface area (Å²) >= 11 is 0. The van der Waals surface area contributed by atoms with Crippen molar-refractivity contribution in [1.29, 1.82) is 0 Å². The Kier molecular flexibility index (Phi) is 7.15. The smallest absolute Gasteiger partial charge is 0.106 e. The molecule has 0 bridgehead atoms. The van der Waals surface area contributed by atoms with E-state index in [0.717, 1.165) is 25.7 Å². The summed E-state index contributed by atoms with van der Waals surface area (Å²) in [6.07, 6.45) is 4.37. The summed E-state index contributed by atoms with van der Waals surface area (Å²) in [6.45, 7) is 3.60. The van der Waals surface area contributed by atoms with Crippen molar-refractivity contribution in [1.82, 2.24) is 0 Å². The zero-order valence-corrected chi connectivity index (χ0v) is 9.37. The van der Waals surface area contributed by atoms with Gasteiger partial charge in [0.15, 0.2) is 0 Å². The van der Waals surface area contributed by atoms with Crippen LogP contribution < -0.4 is 0 Å². The minimum atomic E-state index is -1.09. The zero-order valence-electron chi connectivity index (χ0n) is 9.37. The van der Waals surface area contributed by atoms with Crippen molar-refractivity contribution < 1.29 is 15.3 Å². The molecule has 0 aromatic heterocycles. The first-order valence-corrected chi connectivity index (χ1v) is 5.62. The average molecular weight is 204 g/mol. The summed E-state index contributed by atoms with van der Waals surface area (Å²) in [6, 6.07) is 0. The Morgan fingerprint density at radius 3 is 2.21 bits per heavy atom. The van der Waals surface area contributed by atoms with Crippen molar-refractivity contribution in [2.75, 3.05) is 6.61 Å². The standard InChI is InChI=1S/C11H24O3/c1-3-5-6-7-8-11(14,4-2)10(13)9-12/h10,12-14H,3-9H2,1-2H3. The van der Waals surface area contributed by atoms with Crippen molar-refractivity contribution in [3.05, 3.63) is 0 Å². The van der Waals surface area contributed by atoms with E-state index in [1.807, 2.05) is 6.92 Å². The van der Waals surface area contributed by atoms with Gasteiger partial charge in [-0.2, -0.15) is 0 Å². The lowest BCUT2D eigenvalue weighted by Crippen LogP contribution is -2.43. The Balaban J connectivity index is 3.86. The summed E-state index contributed by atoms with van der Waals surface area (Å²) in [5.74, 6) is 0. The van der Waals surface area contributed by atoms with Gasteiger partial charge in [-0.15, -0.1) is 0 Å². The minimum Gasteiger partial charge on any atom is -0.394 e. The van der Waals surface area contributed by atoms with Gasteiger partial charge in [-0.3, -0.25) is 0 Å². The summed E-state index contributed by atoms with van der Waals surface area (Å²) in [5, 5.41) is 28.2. The molecule has 3 nitrogen and oxygen atoms in total. The molecule has 0 spiro atoms. The summed E-state index contributed by atoms with van der Waals surface area (Å²) in [4.78, 5) is 0. The van der Waals surface area contributed by atoms with Crippen LogP contribution >= 0.6 is 0 Å². The predicted molar refractivity (Wildman–Crippen MR) is 57.1 cm³/mol. The summed E-state index contributed by atoms with van der Waals surface area (Å²) < 4.78 is 0. The maximum absolute atomic E-state index is 9.98. The van der Waals surface area contributed by atoms with Gasteiger partial charge in [0, 0.05) is 0 Å². The second kappa shape index (κ2) is 7.21. The number of unbranched alkanes of at least 4 members (excludes halogenated alkanes) is 3. The highest BCUT2D eigenvalue weighted by atomic mass is 16.4. The lowest BCUT2D eigenvalue weighted by Gasteiger charge is -2.31. The third kappa shape index (κ3) is 4.40. The second-order valence-corrected chi connectivity index (χ2v) is 3.97. The van der Waals surface area contributed by atoms with Crippen LogP contribution in [0.5, 0.6) is 0 Å². The molecule has 2 unspecified atom stereocenters. The maximum Gasteiger partial charge on any atom is 0.106 e. The summed E-state index contributed by atoms with van der Waals surface area (Å²) in [5.41, 5.74) is -1.09. The van der Waals surface area contributed by atoms with Crippen LogP contribution in [0.2, 0.25) is 0 Å². The van der Waals surface area contributed by atoms with Gasteiger partial charge < -0.3 is 15.3 Å². The van der Waals surface area contributed by atoms with E-state index in [1.165, 1.54) is 0 Å². The highest BCUT2D eigenvalue weighted by Gasteiger charge is 2.32. The number of hydrogen-bond donors (Lipinski definition) is 3. The molecule has 0 heterocycles. The second-order valence-electron chi connectivity index (χ2n) is 3.97. The topological polar surface area (TPSA) is 60.7 Å². The molecule has 0 saturated carbocycles. The van der Waals surface area contributed by atoms with Gasteiger partial charge in [0.25, 0.3) is 0 Å². The van der Waals surface area contributed by atoms with E-state index >= 15 is 0 Å². The van der Waals surface area contributed by atoms with E-state index < -0.39 is 11.7 Å². The van der Waals surface area contributed by atoms with Crippen molar-refractivity contribution >= 4 is 0 Å². The zero-order chi connectivity index (χ0) is 11.0. The van der Waals surface area contributed by atoms with Crippen LogP contribution in [-0.2, 0) is 0 Å². The van der Waals surface area contributed by atoms with Crippen molar-refractivity contribution in [2.45, 2.75) is 64.1 Å². The highest BCUT2D eigenvalue weighted by Crippen LogP contribution is 2.23. The third-order valence-electron chi connectivity index (χ3n) is 2.87. The molecule has 0 radical (unpaired) electrons. The van der Waals surface area contributed by atoms with Gasteiger partial charge in [-0.25, -0.2) is 0 Å². The molecule has 0 rings (SSSR count). The molecule has 2 atom stereocenters. The fourth-order valence-corrected chi connectivity index (χ4v) is 1.61. The predicted octanol–water partition coefficient (Wildman–Crippen LogP) is 1.45. The van der Waals surface area contributed by atoms with Crippen LogP contribution in [-0.4, -0.2) is 33.6 Å². The van der Waals surface area contributed by atoms with Crippen LogP contribution in [0.25, 0.3) is 0 Å². The Morgan fingerprint density at radius 2 is 1.79 bits per heavy atom. The first-order valence-electron chi connectivity index (χ1n) is 5.62. The van der Waals surface area contributed by atoms with Gasteiger partial charge in [0.2, 0.25) is 0 Å². The van der Waals surface area contributed by atoms with Crippen LogP contribution in [0, 0.1) is 0 Å². The van der Waals surface area contributed by atoms with Crippen molar-refractivity contribution in [2.24, 2.45) is 0 Å². The first-order chi connectivity index (χ1) is 6.60. The quantitative estimate of drug-likeness (QED) is 0.524. The van der Waals surface area contributed by atoms with E-state index in [2.05, 4.69) is 6.92 Å².